The highest BCUT2D eigenvalue weighted by atomic mass is 32.1. The van der Waals surface area contributed by atoms with Gasteiger partial charge in [0, 0.05) is 5.69 Å². The molecule has 0 saturated carbocycles. The summed E-state index contributed by atoms with van der Waals surface area (Å²) in [5, 5.41) is 7.18. The van der Waals surface area contributed by atoms with Crippen molar-refractivity contribution in [2.45, 2.75) is 26.8 Å². The highest BCUT2D eigenvalue weighted by Gasteiger charge is 2.15. The van der Waals surface area contributed by atoms with Crippen LogP contribution in [0.3, 0.4) is 0 Å². The van der Waals surface area contributed by atoms with Crippen LogP contribution in [-0.2, 0) is 4.79 Å². The first kappa shape index (κ1) is 19.1. The van der Waals surface area contributed by atoms with Crippen molar-refractivity contribution in [2.24, 2.45) is 0 Å². The molecule has 0 fully saturated rings. The van der Waals surface area contributed by atoms with Gasteiger partial charge < -0.3 is 10.6 Å². The summed E-state index contributed by atoms with van der Waals surface area (Å²) in [5.41, 5.74) is 9.48. The molecule has 0 aliphatic heterocycles. The molecule has 6 nitrogen and oxygen atoms in total. The molecule has 140 valence electrons. The minimum absolute atomic E-state index is 0.238. The van der Waals surface area contributed by atoms with E-state index in [0.29, 0.717) is 10.2 Å². The monoisotopic (exact) mass is 399 g/mol. The van der Waals surface area contributed by atoms with Crippen LogP contribution in [0.15, 0.2) is 42.5 Å². The number of carbonyl (C=O) groups is 1. The van der Waals surface area contributed by atoms with Crippen LogP contribution in [0, 0.1) is 13.8 Å². The molecule has 0 radical (unpaired) electrons. The van der Waals surface area contributed by atoms with Crippen LogP contribution in [-0.4, -0.2) is 22.0 Å². The summed E-state index contributed by atoms with van der Waals surface area (Å²) in [6.07, 6.45) is 0. The number of thiocarbonyl (C=S) groups is 1. The van der Waals surface area contributed by atoms with Gasteiger partial charge in [-0.1, -0.05) is 29.5 Å². The first-order valence-electron chi connectivity index (χ1n) is 8.48. The number of amides is 1. The number of aromatic nitrogens is 1. The van der Waals surface area contributed by atoms with E-state index in [1.807, 2.05) is 49.4 Å². The molecule has 1 atom stereocenters. The van der Waals surface area contributed by atoms with Crippen LogP contribution in [0.2, 0.25) is 0 Å². The molecule has 1 heterocycles. The van der Waals surface area contributed by atoms with Gasteiger partial charge in [-0.05, 0) is 68.4 Å². The number of thiazole rings is 1. The fourth-order valence-electron chi connectivity index (χ4n) is 2.39. The Hall–Kier alpha value is -2.71. The quantitative estimate of drug-likeness (QED) is 0.396. The van der Waals surface area contributed by atoms with E-state index in [9.17, 15) is 4.79 Å². The van der Waals surface area contributed by atoms with Crippen molar-refractivity contribution < 1.29 is 4.79 Å². The van der Waals surface area contributed by atoms with E-state index in [2.05, 4.69) is 33.4 Å². The summed E-state index contributed by atoms with van der Waals surface area (Å²) >= 11 is 6.73. The van der Waals surface area contributed by atoms with Crippen LogP contribution in [0.25, 0.3) is 10.2 Å². The fourth-order valence-corrected chi connectivity index (χ4v) is 3.51. The number of fused-ring (bicyclic) bond motifs is 1. The SMILES string of the molecule is Cc1ccc(NC(=S)NNC(=O)[C@@H](C)Nc2nc3ccccc3s2)cc1C. The Morgan fingerprint density at radius 2 is 1.89 bits per heavy atom. The molecule has 0 unspecified atom stereocenters. The van der Waals surface area contributed by atoms with E-state index in [-0.39, 0.29) is 5.91 Å². The maximum Gasteiger partial charge on any atom is 0.260 e. The predicted molar refractivity (Wildman–Crippen MR) is 116 cm³/mol. The number of rotatable bonds is 4. The van der Waals surface area contributed by atoms with E-state index in [1.54, 1.807) is 6.92 Å². The van der Waals surface area contributed by atoms with Crippen LogP contribution >= 0.6 is 23.6 Å². The van der Waals surface area contributed by atoms with Crippen molar-refractivity contribution >= 4 is 55.6 Å². The minimum atomic E-state index is -0.470. The van der Waals surface area contributed by atoms with Gasteiger partial charge in [0.2, 0.25) is 0 Å². The van der Waals surface area contributed by atoms with E-state index in [4.69, 9.17) is 12.2 Å². The Bertz CT molecular complexity index is 952. The standard InChI is InChI=1S/C19H21N5OS2/c1-11-8-9-14(10-12(11)2)21-18(26)24-23-17(25)13(3)20-19-22-15-6-4-5-7-16(15)27-19/h4-10,13H,1-3H3,(H,20,22)(H,23,25)(H2,21,24,26)/t13-/m1/s1. The van der Waals surface area contributed by atoms with Gasteiger partial charge in [0.1, 0.15) is 6.04 Å². The van der Waals surface area contributed by atoms with Crippen molar-refractivity contribution in [2.75, 3.05) is 10.6 Å². The van der Waals surface area contributed by atoms with E-state index >= 15 is 0 Å². The van der Waals surface area contributed by atoms with Crippen molar-refractivity contribution in [3.05, 3.63) is 53.6 Å². The summed E-state index contributed by atoms with van der Waals surface area (Å²) in [6.45, 7) is 5.85. The molecule has 0 bridgehead atoms. The normalized spacial score (nSPS) is 11.7. The molecule has 2 aromatic carbocycles. The Kier molecular flexibility index (Phi) is 5.88. The molecule has 1 aromatic heterocycles. The summed E-state index contributed by atoms with van der Waals surface area (Å²) in [5.74, 6) is -0.238. The Morgan fingerprint density at radius 3 is 2.63 bits per heavy atom. The van der Waals surface area contributed by atoms with Gasteiger partial charge in [-0.25, -0.2) is 4.98 Å². The molecule has 27 heavy (non-hydrogen) atoms. The average Bonchev–Trinajstić information content (AvgIpc) is 3.05. The van der Waals surface area contributed by atoms with Crippen molar-refractivity contribution in [1.29, 1.82) is 0 Å². The van der Waals surface area contributed by atoms with Crippen LogP contribution in [0.4, 0.5) is 10.8 Å². The number of benzene rings is 2. The Balaban J connectivity index is 1.50. The summed E-state index contributed by atoms with van der Waals surface area (Å²) in [7, 11) is 0. The van der Waals surface area contributed by atoms with Crippen LogP contribution < -0.4 is 21.5 Å². The molecule has 0 spiro atoms. The maximum atomic E-state index is 12.3. The lowest BCUT2D eigenvalue weighted by Gasteiger charge is -2.16. The van der Waals surface area contributed by atoms with Gasteiger partial charge >= 0.3 is 0 Å². The topological polar surface area (TPSA) is 78.1 Å². The molecule has 1 amide bonds. The van der Waals surface area contributed by atoms with E-state index < -0.39 is 6.04 Å². The van der Waals surface area contributed by atoms with Crippen LogP contribution in [0.1, 0.15) is 18.1 Å². The van der Waals surface area contributed by atoms with Gasteiger partial charge in [-0.2, -0.15) is 0 Å². The number of aryl methyl sites for hydroxylation is 2. The van der Waals surface area contributed by atoms with Gasteiger partial charge in [0.25, 0.3) is 5.91 Å². The summed E-state index contributed by atoms with van der Waals surface area (Å²) in [6, 6.07) is 13.3. The minimum Gasteiger partial charge on any atom is -0.350 e. The highest BCUT2D eigenvalue weighted by Crippen LogP contribution is 2.25. The Morgan fingerprint density at radius 1 is 1.11 bits per heavy atom. The lowest BCUT2D eigenvalue weighted by atomic mass is 10.1. The zero-order chi connectivity index (χ0) is 19.4. The largest absolute Gasteiger partial charge is 0.350 e. The number of nitrogens with zero attached hydrogens (tertiary/aromatic N) is 1. The number of hydrogen-bond donors (Lipinski definition) is 4. The number of para-hydroxylation sites is 1. The molecule has 0 saturated heterocycles. The van der Waals surface area contributed by atoms with Crippen molar-refractivity contribution in [3.63, 3.8) is 0 Å². The number of carbonyl (C=O) groups excluding carboxylic acids is 1. The zero-order valence-corrected chi connectivity index (χ0v) is 16.9. The van der Waals surface area contributed by atoms with E-state index in [0.717, 1.165) is 15.9 Å². The second-order valence-corrected chi connectivity index (χ2v) is 7.66. The average molecular weight is 400 g/mol. The third-order valence-corrected chi connectivity index (χ3v) is 5.26. The van der Waals surface area contributed by atoms with E-state index in [1.165, 1.54) is 22.5 Å². The van der Waals surface area contributed by atoms with Crippen molar-refractivity contribution in [3.8, 4) is 0 Å². The first-order chi connectivity index (χ1) is 12.9. The van der Waals surface area contributed by atoms with Crippen LogP contribution in [0.5, 0.6) is 0 Å². The maximum absolute atomic E-state index is 12.3. The third kappa shape index (κ3) is 4.93. The zero-order valence-electron chi connectivity index (χ0n) is 15.3. The van der Waals surface area contributed by atoms with Gasteiger partial charge in [0.05, 0.1) is 10.2 Å². The molecule has 4 N–H and O–H groups in total. The number of nitrogens with one attached hydrogen (secondary N) is 4. The summed E-state index contributed by atoms with van der Waals surface area (Å²) in [4.78, 5) is 16.7. The number of hydrogen-bond acceptors (Lipinski definition) is 5. The molecule has 3 aromatic rings. The highest BCUT2D eigenvalue weighted by molar-refractivity contribution is 7.80. The van der Waals surface area contributed by atoms with Crippen molar-refractivity contribution in [1.82, 2.24) is 15.8 Å². The van der Waals surface area contributed by atoms with Gasteiger partial charge in [-0.15, -0.1) is 0 Å². The second kappa shape index (κ2) is 8.32. The van der Waals surface area contributed by atoms with Gasteiger partial charge in [0.15, 0.2) is 10.2 Å². The lowest BCUT2D eigenvalue weighted by Crippen LogP contribution is -2.49. The molecular weight excluding hydrogens is 378 g/mol. The predicted octanol–water partition coefficient (Wildman–Crippen LogP) is 3.73. The molecule has 3 rings (SSSR count). The molecule has 0 aliphatic rings. The second-order valence-electron chi connectivity index (χ2n) is 6.22. The molecule has 8 heteroatoms. The molecule has 0 aliphatic carbocycles. The number of anilines is 2. The fraction of sp³-hybridized carbons (Fsp3) is 0.211. The smallest absolute Gasteiger partial charge is 0.260 e. The third-order valence-electron chi connectivity index (χ3n) is 4.09. The first-order valence-corrected chi connectivity index (χ1v) is 9.71. The number of hydrazine groups is 1. The van der Waals surface area contributed by atoms with Gasteiger partial charge in [-0.3, -0.25) is 15.6 Å². The molecular formula is C19H21N5OS2. The summed E-state index contributed by atoms with van der Waals surface area (Å²) < 4.78 is 1.07. The Labute approximate surface area is 167 Å². The lowest BCUT2D eigenvalue weighted by molar-refractivity contribution is -0.122.